The number of rotatable bonds is 4. The van der Waals surface area contributed by atoms with Crippen LogP contribution in [-0.2, 0) is 0 Å². The van der Waals surface area contributed by atoms with Crippen molar-refractivity contribution in [2.75, 3.05) is 20.3 Å². The monoisotopic (exact) mass is 542 g/mol. The molecule has 0 aromatic carbocycles. The quantitative estimate of drug-likeness (QED) is 0.458. The Morgan fingerprint density at radius 2 is 2.05 bits per heavy atom. The second kappa shape index (κ2) is 11.3. The van der Waals surface area contributed by atoms with Gasteiger partial charge in [-0.3, -0.25) is 4.98 Å². The highest BCUT2D eigenvalue weighted by atomic mass is 19.3. The molecule has 9 nitrogen and oxygen atoms in total. The Morgan fingerprint density at radius 1 is 1.23 bits per heavy atom. The number of aromatic nitrogens is 4. The van der Waals surface area contributed by atoms with Crippen LogP contribution in [0, 0.1) is 5.92 Å². The predicted molar refractivity (Wildman–Crippen MR) is 142 cm³/mol. The van der Waals surface area contributed by atoms with E-state index in [9.17, 15) is 13.6 Å². The van der Waals surface area contributed by atoms with Crippen molar-refractivity contribution in [1.29, 1.82) is 0 Å². The summed E-state index contributed by atoms with van der Waals surface area (Å²) in [7, 11) is 1.58. The van der Waals surface area contributed by atoms with Gasteiger partial charge in [0.15, 0.2) is 0 Å². The molecule has 5 rings (SSSR count). The Labute approximate surface area is 226 Å². The van der Waals surface area contributed by atoms with Crippen LogP contribution in [0.15, 0.2) is 30.9 Å². The number of amides is 2. The fraction of sp³-hybridized carbons (Fsp3) is 0.571. The maximum Gasteiger partial charge on any atom is 0.318 e. The van der Waals surface area contributed by atoms with Crippen molar-refractivity contribution in [1.82, 2.24) is 29.6 Å². The molecule has 210 valence electrons. The Bertz CT molecular complexity index is 1310. The number of pyridine rings is 1. The fourth-order valence-corrected chi connectivity index (χ4v) is 5.63. The van der Waals surface area contributed by atoms with Crippen molar-refractivity contribution >= 4 is 11.7 Å². The van der Waals surface area contributed by atoms with E-state index in [2.05, 4.69) is 15.3 Å². The molecule has 1 aliphatic heterocycles. The molecule has 2 amide bonds. The predicted octanol–water partition coefficient (Wildman–Crippen LogP) is 5.65. The van der Waals surface area contributed by atoms with Crippen LogP contribution in [0.25, 0.3) is 16.9 Å². The number of hydrogen-bond acceptors (Lipinski definition) is 6. The second-order valence-corrected chi connectivity index (χ2v) is 10.6. The van der Waals surface area contributed by atoms with Crippen LogP contribution in [0.1, 0.15) is 70.5 Å². The zero-order valence-electron chi connectivity index (χ0n) is 22.7. The van der Waals surface area contributed by atoms with Crippen LogP contribution in [0.3, 0.4) is 0 Å². The normalized spacial score (nSPS) is 22.5. The first kappa shape index (κ1) is 27.1. The lowest BCUT2D eigenvalue weighted by Gasteiger charge is -2.38. The fourth-order valence-electron chi connectivity index (χ4n) is 5.63. The van der Waals surface area contributed by atoms with E-state index >= 15 is 0 Å². The van der Waals surface area contributed by atoms with Gasteiger partial charge in [0, 0.05) is 49.6 Å². The van der Waals surface area contributed by atoms with Gasteiger partial charge < -0.3 is 24.1 Å². The lowest BCUT2D eigenvalue weighted by atomic mass is 9.77. The summed E-state index contributed by atoms with van der Waals surface area (Å²) in [6.45, 7) is 4.77. The molecular formula is C28H36F2N6O3. The average Bonchev–Trinajstić information content (AvgIpc) is 3.38. The largest absolute Gasteiger partial charge is 0.494 e. The van der Waals surface area contributed by atoms with Crippen LogP contribution < -0.4 is 14.8 Å². The van der Waals surface area contributed by atoms with Gasteiger partial charge in [-0.1, -0.05) is 6.42 Å². The summed E-state index contributed by atoms with van der Waals surface area (Å²) in [6.07, 6.45) is 10.7. The molecular weight excluding hydrogens is 506 g/mol. The second-order valence-electron chi connectivity index (χ2n) is 10.6. The summed E-state index contributed by atoms with van der Waals surface area (Å²) in [5.74, 6) is -1.66. The minimum atomic E-state index is -2.57. The Balaban J connectivity index is 1.48. The molecule has 3 aromatic heterocycles. The van der Waals surface area contributed by atoms with Crippen molar-refractivity contribution in [3.05, 3.63) is 36.5 Å². The van der Waals surface area contributed by atoms with Gasteiger partial charge in [-0.2, -0.15) is 0 Å². The molecule has 39 heavy (non-hydrogen) atoms. The molecule has 1 N–H and O–H groups in total. The number of carbonyl (C=O) groups is 1. The van der Waals surface area contributed by atoms with E-state index in [4.69, 9.17) is 14.5 Å². The van der Waals surface area contributed by atoms with Crippen molar-refractivity contribution in [3.8, 4) is 22.9 Å². The average molecular weight is 543 g/mol. The third-order valence-electron chi connectivity index (χ3n) is 7.78. The Morgan fingerprint density at radius 3 is 2.79 bits per heavy atom. The van der Waals surface area contributed by atoms with E-state index in [0.29, 0.717) is 48.2 Å². The van der Waals surface area contributed by atoms with Crippen LogP contribution in [0.5, 0.6) is 11.6 Å². The van der Waals surface area contributed by atoms with Crippen molar-refractivity contribution in [2.24, 2.45) is 5.92 Å². The standard InChI is InChI=1S/C28H36F2N6O3/c1-4-36-18(2)22-13-21(24(38-3)16-32-22)23-17-35-10-9-31-25(35)26(34-23)39-11-7-5-6-8-20(33-27(36)37)12-19-14-28(29,30)15-19/h9-10,13,16-20H,4-8,11-12,14-15H2,1-3H3,(H,33,37)/t18-,20?/m1/s1. The van der Waals surface area contributed by atoms with Crippen molar-refractivity contribution in [2.45, 2.75) is 76.8 Å². The molecule has 3 aromatic rings. The number of methoxy groups -OCH3 is 1. The molecule has 0 radical (unpaired) electrons. The topological polar surface area (TPSA) is 93.9 Å². The van der Waals surface area contributed by atoms with Crippen molar-refractivity contribution < 1.29 is 23.0 Å². The van der Waals surface area contributed by atoms with E-state index in [0.717, 1.165) is 31.2 Å². The molecule has 0 saturated heterocycles. The zero-order chi connectivity index (χ0) is 27.6. The minimum absolute atomic E-state index is 0.0737. The van der Waals surface area contributed by atoms with E-state index < -0.39 is 5.92 Å². The highest BCUT2D eigenvalue weighted by Gasteiger charge is 2.45. The lowest BCUT2D eigenvalue weighted by molar-refractivity contribution is -0.113. The van der Waals surface area contributed by atoms with Crippen LogP contribution >= 0.6 is 0 Å². The molecule has 2 atom stereocenters. The number of urea groups is 1. The summed E-state index contributed by atoms with van der Waals surface area (Å²) in [6, 6.07) is 1.15. The summed E-state index contributed by atoms with van der Waals surface area (Å²) in [5, 5.41) is 3.16. The number of carbonyl (C=O) groups excluding carboxylic acids is 1. The maximum atomic E-state index is 13.5. The van der Waals surface area contributed by atoms with Crippen LogP contribution in [0.2, 0.25) is 0 Å². The number of hydrogen-bond donors (Lipinski definition) is 1. The van der Waals surface area contributed by atoms with E-state index in [1.54, 1.807) is 24.4 Å². The number of halogens is 2. The smallest absolute Gasteiger partial charge is 0.318 e. The Hall–Kier alpha value is -3.50. The van der Waals surface area contributed by atoms with Gasteiger partial charge >= 0.3 is 6.03 Å². The third kappa shape index (κ3) is 5.91. The molecule has 0 spiro atoms. The van der Waals surface area contributed by atoms with Gasteiger partial charge in [-0.15, -0.1) is 0 Å². The summed E-state index contributed by atoms with van der Waals surface area (Å²) >= 11 is 0. The first-order valence-electron chi connectivity index (χ1n) is 13.7. The molecule has 11 heteroatoms. The van der Waals surface area contributed by atoms with Gasteiger partial charge in [0.1, 0.15) is 5.75 Å². The zero-order valence-corrected chi connectivity index (χ0v) is 22.7. The van der Waals surface area contributed by atoms with Gasteiger partial charge in [0.05, 0.1) is 37.3 Å². The van der Waals surface area contributed by atoms with Crippen molar-refractivity contribution in [3.63, 3.8) is 0 Å². The van der Waals surface area contributed by atoms with Crippen LogP contribution in [-0.4, -0.2) is 62.5 Å². The molecule has 4 heterocycles. The van der Waals surface area contributed by atoms with Gasteiger partial charge in [-0.25, -0.2) is 23.5 Å². The molecule has 2 aliphatic rings. The highest BCUT2D eigenvalue weighted by Crippen LogP contribution is 2.45. The number of imidazole rings is 1. The minimum Gasteiger partial charge on any atom is -0.494 e. The molecule has 1 unspecified atom stereocenters. The number of ether oxygens (including phenoxy) is 2. The third-order valence-corrected chi connectivity index (χ3v) is 7.78. The van der Waals surface area contributed by atoms with E-state index in [1.807, 2.05) is 36.7 Å². The first-order valence-corrected chi connectivity index (χ1v) is 13.7. The summed E-state index contributed by atoms with van der Waals surface area (Å²) in [5.41, 5.74) is 2.66. The summed E-state index contributed by atoms with van der Waals surface area (Å²) < 4.78 is 40.6. The number of nitrogens with zero attached hydrogens (tertiary/aromatic N) is 5. The lowest BCUT2D eigenvalue weighted by Crippen LogP contribution is -2.48. The number of alkyl halides is 2. The number of fused-ring (bicyclic) bond motifs is 7. The first-order chi connectivity index (χ1) is 18.8. The van der Waals surface area contributed by atoms with E-state index in [-0.39, 0.29) is 36.9 Å². The van der Waals surface area contributed by atoms with Gasteiger partial charge in [-0.05, 0) is 51.5 Å². The van der Waals surface area contributed by atoms with Crippen LogP contribution in [0.4, 0.5) is 13.6 Å². The molecule has 1 aliphatic carbocycles. The SMILES string of the molecule is CCN1C(=O)NC(CC2CC(F)(F)C2)CCCCCOc2nc(cn3ccnc23)-c2cc(ncc2OC)[C@H]1C. The maximum absolute atomic E-state index is 13.5. The summed E-state index contributed by atoms with van der Waals surface area (Å²) in [4.78, 5) is 29.0. The molecule has 4 bridgehead atoms. The van der Waals surface area contributed by atoms with Gasteiger partial charge in [0.25, 0.3) is 5.88 Å². The molecule has 1 saturated carbocycles. The Kier molecular flexibility index (Phi) is 7.86. The van der Waals surface area contributed by atoms with Gasteiger partial charge in [0.2, 0.25) is 11.6 Å². The highest BCUT2D eigenvalue weighted by molar-refractivity contribution is 5.75. The molecule has 1 fully saturated rings. The number of nitrogens with one attached hydrogen (secondary N) is 1. The van der Waals surface area contributed by atoms with E-state index in [1.165, 1.54) is 0 Å².